The molecular formula is C6H13NO. The molecule has 0 unspecified atom stereocenters. The Kier molecular flexibility index (Phi) is 1.19. The molecule has 2 nitrogen and oxygen atoms in total. The average molecular weight is 117 g/mol. The predicted octanol–water partition coefficient (Wildman–Crippen LogP) is 0.0729. The minimum atomic E-state index is -2.02. The lowest BCUT2D eigenvalue weighted by Crippen LogP contribution is -2.27. The molecule has 1 atom stereocenters. The number of hydrogen-bond donors (Lipinski definition) is 1. The summed E-state index contributed by atoms with van der Waals surface area (Å²) in [6.07, 6.45) is 1.75. The van der Waals surface area contributed by atoms with E-state index in [-0.39, 0.29) is 6.04 Å². The van der Waals surface area contributed by atoms with Gasteiger partial charge < -0.3 is 10.0 Å². The first-order valence-electron chi connectivity index (χ1n) is 3.94. The zero-order valence-electron chi connectivity index (χ0n) is 7.09. The average Bonchev–Trinajstić information content (AvgIpc) is 2.11. The van der Waals surface area contributed by atoms with Gasteiger partial charge in [0.2, 0.25) is 0 Å². The quantitative estimate of drug-likeness (QED) is 0.525. The third-order valence-electron chi connectivity index (χ3n) is 1.67. The minimum Gasteiger partial charge on any atom is -0.395 e. The second-order valence-electron chi connectivity index (χ2n) is 2.27. The lowest BCUT2D eigenvalue weighted by Gasteiger charge is -2.15. The Bertz CT molecular complexity index is 123. The molecule has 1 aliphatic heterocycles. The van der Waals surface area contributed by atoms with Crippen LogP contribution in [0.1, 0.15) is 15.6 Å². The largest absolute Gasteiger partial charge is 0.395 e. The van der Waals surface area contributed by atoms with Gasteiger partial charge in [0.15, 0.2) is 0 Å². The Morgan fingerprint density at radius 2 is 2.75 bits per heavy atom. The summed E-state index contributed by atoms with van der Waals surface area (Å²) < 4.78 is 14.1. The van der Waals surface area contributed by atoms with Gasteiger partial charge in [-0.15, -0.1) is 0 Å². The molecule has 0 aliphatic carbocycles. The van der Waals surface area contributed by atoms with Crippen molar-refractivity contribution < 1.29 is 7.85 Å². The van der Waals surface area contributed by atoms with E-state index < -0.39 is 6.56 Å². The van der Waals surface area contributed by atoms with Gasteiger partial charge in [-0.1, -0.05) is 0 Å². The predicted molar refractivity (Wildman–Crippen MR) is 32.7 cm³/mol. The summed E-state index contributed by atoms with van der Waals surface area (Å²) in [7, 11) is 1.84. The number of likely N-dealkylation sites (tertiary alicyclic amines) is 1. The van der Waals surface area contributed by atoms with Gasteiger partial charge >= 0.3 is 0 Å². The molecule has 2 heteroatoms. The molecule has 1 aliphatic rings. The molecule has 0 aromatic rings. The van der Waals surface area contributed by atoms with Crippen LogP contribution in [0.5, 0.6) is 0 Å². The maximum absolute atomic E-state index is 8.98. The number of rotatable bonds is 1. The Labute approximate surface area is 52.9 Å². The molecule has 1 heterocycles. The van der Waals surface area contributed by atoms with Crippen molar-refractivity contribution in [3.8, 4) is 0 Å². The maximum Gasteiger partial charge on any atom is 0.0586 e. The first kappa shape index (κ1) is 3.85. The van der Waals surface area contributed by atoms with Crippen LogP contribution in [0.15, 0.2) is 0 Å². The van der Waals surface area contributed by atoms with Crippen LogP contribution in [0.4, 0.5) is 0 Å². The maximum atomic E-state index is 8.98. The Hall–Kier alpha value is -0.0800. The van der Waals surface area contributed by atoms with E-state index in [0.717, 1.165) is 19.4 Å². The van der Waals surface area contributed by atoms with Crippen molar-refractivity contribution in [3.63, 3.8) is 0 Å². The van der Waals surface area contributed by atoms with Crippen LogP contribution < -0.4 is 0 Å². The summed E-state index contributed by atoms with van der Waals surface area (Å²) in [5.74, 6) is 0. The fraction of sp³-hybridized carbons (Fsp3) is 1.00. The van der Waals surface area contributed by atoms with Crippen LogP contribution in [0, 0.1) is 0 Å². The highest BCUT2D eigenvalue weighted by molar-refractivity contribution is 4.74. The zero-order chi connectivity index (χ0) is 7.78. The van der Waals surface area contributed by atoms with Gasteiger partial charge in [-0.2, -0.15) is 0 Å². The lowest BCUT2D eigenvalue weighted by molar-refractivity contribution is 0.182. The van der Waals surface area contributed by atoms with Gasteiger partial charge in [-0.05, 0) is 26.4 Å². The highest BCUT2D eigenvalue weighted by Crippen LogP contribution is 2.12. The SMILES string of the molecule is [2H]C([2H])(O)[C@@H]1CCCN1C. The van der Waals surface area contributed by atoms with Crippen molar-refractivity contribution in [3.05, 3.63) is 0 Å². The summed E-state index contributed by atoms with van der Waals surface area (Å²) in [5, 5.41) is 8.98. The summed E-state index contributed by atoms with van der Waals surface area (Å²) in [5.41, 5.74) is 0. The third kappa shape index (κ3) is 1.01. The van der Waals surface area contributed by atoms with Crippen molar-refractivity contribution in [1.82, 2.24) is 4.90 Å². The monoisotopic (exact) mass is 117 g/mol. The van der Waals surface area contributed by atoms with Crippen LogP contribution in [-0.2, 0) is 0 Å². The molecule has 0 amide bonds. The molecule has 0 bridgehead atoms. The summed E-state index contributed by atoms with van der Waals surface area (Å²) in [6.45, 7) is -1.13. The van der Waals surface area contributed by atoms with Gasteiger partial charge in [0.05, 0.1) is 9.30 Å². The molecule has 0 aromatic carbocycles. The highest BCUT2D eigenvalue weighted by atomic mass is 16.3. The normalized spacial score (nSPS) is 37.0. The van der Waals surface area contributed by atoms with E-state index in [1.54, 1.807) is 0 Å². The second-order valence-corrected chi connectivity index (χ2v) is 2.27. The van der Waals surface area contributed by atoms with Crippen LogP contribution in [0.3, 0.4) is 0 Å². The zero-order valence-corrected chi connectivity index (χ0v) is 5.09. The Balaban J connectivity index is 2.55. The topological polar surface area (TPSA) is 23.5 Å². The fourth-order valence-corrected chi connectivity index (χ4v) is 1.07. The smallest absolute Gasteiger partial charge is 0.0586 e. The molecule has 8 heavy (non-hydrogen) atoms. The van der Waals surface area contributed by atoms with Gasteiger partial charge in [-0.3, -0.25) is 0 Å². The molecule has 0 saturated carbocycles. The molecule has 0 aromatic heterocycles. The van der Waals surface area contributed by atoms with Crippen molar-refractivity contribution in [1.29, 1.82) is 0 Å². The van der Waals surface area contributed by atoms with Gasteiger partial charge in [-0.25, -0.2) is 0 Å². The number of likely N-dealkylation sites (N-methyl/N-ethyl adjacent to an activating group) is 1. The fourth-order valence-electron chi connectivity index (χ4n) is 1.07. The van der Waals surface area contributed by atoms with Crippen molar-refractivity contribution in [2.75, 3.05) is 20.2 Å². The van der Waals surface area contributed by atoms with Crippen LogP contribution >= 0.6 is 0 Å². The second kappa shape index (κ2) is 2.46. The van der Waals surface area contributed by atoms with E-state index in [1.165, 1.54) is 0 Å². The van der Waals surface area contributed by atoms with Gasteiger partial charge in [0.25, 0.3) is 0 Å². The molecule has 1 saturated heterocycles. The van der Waals surface area contributed by atoms with Crippen LogP contribution in [0.2, 0.25) is 0 Å². The van der Waals surface area contributed by atoms with Gasteiger partial charge in [0, 0.05) is 6.04 Å². The lowest BCUT2D eigenvalue weighted by atomic mass is 10.2. The van der Waals surface area contributed by atoms with Crippen LogP contribution in [0.25, 0.3) is 0 Å². The molecule has 0 spiro atoms. The van der Waals surface area contributed by atoms with E-state index in [0.29, 0.717) is 0 Å². The Morgan fingerprint density at radius 1 is 2.00 bits per heavy atom. The first-order chi connectivity index (χ1) is 4.52. The summed E-state index contributed by atoms with van der Waals surface area (Å²) >= 11 is 0. The van der Waals surface area contributed by atoms with E-state index in [2.05, 4.69) is 0 Å². The van der Waals surface area contributed by atoms with E-state index >= 15 is 0 Å². The molecular weight excluding hydrogens is 102 g/mol. The summed E-state index contributed by atoms with van der Waals surface area (Å²) in [6, 6.07) is -0.299. The molecule has 48 valence electrons. The van der Waals surface area contributed by atoms with E-state index in [1.807, 2.05) is 11.9 Å². The van der Waals surface area contributed by atoms with Crippen molar-refractivity contribution in [2.24, 2.45) is 0 Å². The summed E-state index contributed by atoms with van der Waals surface area (Å²) in [4.78, 5) is 1.86. The molecule has 1 fully saturated rings. The number of aliphatic hydroxyl groups is 1. The van der Waals surface area contributed by atoms with Crippen LogP contribution in [-0.4, -0.2) is 36.2 Å². The Morgan fingerprint density at radius 3 is 3.00 bits per heavy atom. The van der Waals surface area contributed by atoms with Gasteiger partial charge in [0.1, 0.15) is 0 Å². The first-order valence-corrected chi connectivity index (χ1v) is 2.94. The molecule has 1 N–H and O–H groups in total. The molecule has 1 rings (SSSR count). The van der Waals surface area contributed by atoms with E-state index in [9.17, 15) is 0 Å². The minimum absolute atomic E-state index is 0.299. The van der Waals surface area contributed by atoms with Crippen molar-refractivity contribution >= 4 is 0 Å². The van der Waals surface area contributed by atoms with Crippen molar-refractivity contribution in [2.45, 2.75) is 18.9 Å². The standard InChI is InChI=1S/C6H13NO/c1-7-4-2-3-6(7)5-8/h6,8H,2-5H2,1H3/t6-/m0/s1/i5D2. The number of hydrogen-bond acceptors (Lipinski definition) is 2. The third-order valence-corrected chi connectivity index (χ3v) is 1.67. The highest BCUT2D eigenvalue weighted by Gasteiger charge is 2.18. The number of nitrogens with zero attached hydrogens (tertiary/aromatic N) is 1. The van der Waals surface area contributed by atoms with E-state index in [4.69, 9.17) is 7.85 Å². The molecule has 0 radical (unpaired) electrons.